The van der Waals surface area contributed by atoms with Gasteiger partial charge in [0.15, 0.2) is 5.78 Å². The van der Waals surface area contributed by atoms with E-state index in [9.17, 15) is 14.4 Å². The molecule has 150 valence electrons. The van der Waals surface area contributed by atoms with Crippen LogP contribution in [0, 0.1) is 17.8 Å². The Morgan fingerprint density at radius 1 is 0.964 bits per heavy atom. The lowest BCUT2D eigenvalue weighted by Gasteiger charge is -2.49. The molecule has 1 saturated heterocycles. The number of carbonyl (C=O) groups is 3. The quantitative estimate of drug-likeness (QED) is 0.768. The molecule has 0 aromatic heterocycles. The first-order valence-electron chi connectivity index (χ1n) is 10.8. The summed E-state index contributed by atoms with van der Waals surface area (Å²) in [4.78, 5) is 37.0. The third-order valence-electron chi connectivity index (χ3n) is 6.98. The molecule has 1 aliphatic heterocycles. The number of carbonyl (C=O) groups excluding carboxylic acids is 3. The van der Waals surface area contributed by atoms with E-state index in [-0.39, 0.29) is 48.4 Å². The normalized spacial score (nSPS) is 31.9. The van der Waals surface area contributed by atoms with Crippen molar-refractivity contribution >= 4 is 17.6 Å². The molecule has 1 heterocycles. The Labute approximate surface area is 166 Å². The second kappa shape index (κ2) is 8.46. The van der Waals surface area contributed by atoms with Gasteiger partial charge in [-0.1, -0.05) is 43.2 Å². The molecular weight excluding hydrogens is 352 g/mol. The lowest BCUT2D eigenvalue weighted by Crippen LogP contribution is -2.59. The van der Waals surface area contributed by atoms with Gasteiger partial charge in [-0.05, 0) is 43.9 Å². The summed E-state index contributed by atoms with van der Waals surface area (Å²) in [6.07, 6.45) is 7.94. The van der Waals surface area contributed by atoms with Gasteiger partial charge in [0, 0.05) is 36.4 Å². The van der Waals surface area contributed by atoms with Gasteiger partial charge in [0.2, 0.25) is 11.8 Å². The molecule has 0 radical (unpaired) electrons. The molecule has 1 aromatic rings. The van der Waals surface area contributed by atoms with Gasteiger partial charge in [-0.15, -0.1) is 0 Å². The number of Topliss-reactive ketones (excluding diaryl/α,β-unsaturated/α-hetero) is 1. The van der Waals surface area contributed by atoms with Crippen LogP contribution < -0.4 is 10.6 Å². The van der Waals surface area contributed by atoms with Gasteiger partial charge in [-0.25, -0.2) is 0 Å². The lowest BCUT2D eigenvalue weighted by molar-refractivity contribution is -0.135. The fraction of sp³-hybridized carbons (Fsp3) is 0.609. The van der Waals surface area contributed by atoms with Crippen LogP contribution in [0.4, 0.5) is 0 Å². The Morgan fingerprint density at radius 2 is 1.75 bits per heavy atom. The Balaban J connectivity index is 1.27. The number of piperidine rings is 1. The highest BCUT2D eigenvalue weighted by molar-refractivity contribution is 5.97. The Morgan fingerprint density at radius 3 is 2.57 bits per heavy atom. The van der Waals surface area contributed by atoms with E-state index in [2.05, 4.69) is 10.6 Å². The summed E-state index contributed by atoms with van der Waals surface area (Å²) < 4.78 is 0. The van der Waals surface area contributed by atoms with Crippen LogP contribution in [0.15, 0.2) is 30.3 Å². The largest absolute Gasteiger partial charge is 0.353 e. The van der Waals surface area contributed by atoms with Crippen molar-refractivity contribution in [3.05, 3.63) is 35.9 Å². The molecule has 1 aromatic carbocycles. The summed E-state index contributed by atoms with van der Waals surface area (Å²) in [6, 6.07) is 9.40. The van der Waals surface area contributed by atoms with Crippen LogP contribution in [0.2, 0.25) is 0 Å². The number of amides is 2. The van der Waals surface area contributed by atoms with Crippen LogP contribution in [0.3, 0.4) is 0 Å². The molecule has 0 spiro atoms. The first kappa shape index (κ1) is 19.2. The molecular formula is C23H30N2O3. The summed E-state index contributed by atoms with van der Waals surface area (Å²) in [5.41, 5.74) is 0.655. The van der Waals surface area contributed by atoms with Gasteiger partial charge >= 0.3 is 0 Å². The second-order valence-corrected chi connectivity index (χ2v) is 8.70. The van der Waals surface area contributed by atoms with Gasteiger partial charge in [-0.3, -0.25) is 14.4 Å². The van der Waals surface area contributed by atoms with E-state index in [0.717, 1.165) is 25.7 Å². The van der Waals surface area contributed by atoms with Crippen LogP contribution in [0.25, 0.3) is 0 Å². The minimum atomic E-state index is -0.0644. The average molecular weight is 383 g/mol. The molecule has 0 bridgehead atoms. The van der Waals surface area contributed by atoms with Crippen LogP contribution in [0.1, 0.15) is 68.1 Å². The van der Waals surface area contributed by atoms with Crippen molar-refractivity contribution in [1.82, 2.24) is 10.6 Å². The van der Waals surface area contributed by atoms with Crippen molar-refractivity contribution < 1.29 is 14.4 Å². The predicted octanol–water partition coefficient (Wildman–Crippen LogP) is 3.24. The van der Waals surface area contributed by atoms with Crippen LogP contribution in [-0.2, 0) is 9.59 Å². The van der Waals surface area contributed by atoms with E-state index in [0.29, 0.717) is 17.4 Å². The van der Waals surface area contributed by atoms with Gasteiger partial charge in [0.1, 0.15) is 0 Å². The van der Waals surface area contributed by atoms with Gasteiger partial charge < -0.3 is 10.6 Å². The van der Waals surface area contributed by atoms with E-state index in [1.165, 1.54) is 19.3 Å². The number of ketones is 1. The summed E-state index contributed by atoms with van der Waals surface area (Å²) in [6.45, 7) is 0. The molecule has 5 nitrogen and oxygen atoms in total. The SMILES string of the molecule is O=C(CCC(=O)c1ccccc1)NC1CCC2C(C1)NC(=O)C1CCCCC12. The first-order chi connectivity index (χ1) is 13.6. The number of hydrogen-bond acceptors (Lipinski definition) is 3. The first-order valence-corrected chi connectivity index (χ1v) is 10.8. The highest BCUT2D eigenvalue weighted by atomic mass is 16.2. The van der Waals surface area contributed by atoms with Crippen molar-refractivity contribution in [2.75, 3.05) is 0 Å². The molecule has 2 aliphatic carbocycles. The number of benzene rings is 1. The lowest BCUT2D eigenvalue weighted by atomic mass is 9.63. The standard InChI is InChI=1S/C23H30N2O3/c26-21(15-6-2-1-3-7-15)12-13-22(27)24-16-10-11-18-17-8-4-5-9-19(17)23(28)25-20(18)14-16/h1-3,6-7,16-20H,4-5,8-14H2,(H,24,27)(H,25,28). The number of hydrogen-bond donors (Lipinski definition) is 2. The predicted molar refractivity (Wildman–Crippen MR) is 107 cm³/mol. The third-order valence-corrected chi connectivity index (χ3v) is 6.98. The molecule has 2 amide bonds. The van der Waals surface area contributed by atoms with Crippen molar-refractivity contribution in [3.63, 3.8) is 0 Å². The molecule has 2 saturated carbocycles. The molecule has 3 fully saturated rings. The van der Waals surface area contributed by atoms with E-state index in [1.807, 2.05) is 18.2 Å². The van der Waals surface area contributed by atoms with E-state index in [4.69, 9.17) is 0 Å². The molecule has 5 heteroatoms. The fourth-order valence-corrected chi connectivity index (χ4v) is 5.59. The van der Waals surface area contributed by atoms with Crippen LogP contribution >= 0.6 is 0 Å². The minimum absolute atomic E-state index is 0.00217. The van der Waals surface area contributed by atoms with Gasteiger partial charge in [0.25, 0.3) is 0 Å². The van der Waals surface area contributed by atoms with Crippen LogP contribution in [-0.4, -0.2) is 29.7 Å². The molecule has 4 rings (SSSR count). The highest BCUT2D eigenvalue weighted by Crippen LogP contribution is 2.44. The number of nitrogens with one attached hydrogen (secondary N) is 2. The summed E-state index contributed by atoms with van der Waals surface area (Å²) in [5, 5.41) is 6.35. The topological polar surface area (TPSA) is 75.3 Å². The Bertz CT molecular complexity index is 733. The van der Waals surface area contributed by atoms with Crippen LogP contribution in [0.5, 0.6) is 0 Å². The van der Waals surface area contributed by atoms with Crippen molar-refractivity contribution in [2.45, 2.75) is 69.9 Å². The maximum atomic E-state index is 12.5. The maximum absolute atomic E-state index is 12.5. The monoisotopic (exact) mass is 382 g/mol. The maximum Gasteiger partial charge on any atom is 0.223 e. The van der Waals surface area contributed by atoms with Crippen molar-refractivity contribution in [2.24, 2.45) is 17.8 Å². The number of rotatable bonds is 5. The zero-order valence-corrected chi connectivity index (χ0v) is 16.4. The molecule has 28 heavy (non-hydrogen) atoms. The molecule has 5 atom stereocenters. The molecule has 3 aliphatic rings. The molecule has 5 unspecified atom stereocenters. The smallest absolute Gasteiger partial charge is 0.223 e. The summed E-state index contributed by atoms with van der Waals surface area (Å²) in [5.74, 6) is 1.48. The zero-order valence-electron chi connectivity index (χ0n) is 16.4. The molecule has 2 N–H and O–H groups in total. The Hall–Kier alpha value is -2.17. The van der Waals surface area contributed by atoms with E-state index in [1.54, 1.807) is 12.1 Å². The third kappa shape index (κ3) is 4.13. The van der Waals surface area contributed by atoms with Gasteiger partial charge in [-0.2, -0.15) is 0 Å². The highest BCUT2D eigenvalue weighted by Gasteiger charge is 2.46. The summed E-state index contributed by atoms with van der Waals surface area (Å²) >= 11 is 0. The fourth-order valence-electron chi connectivity index (χ4n) is 5.59. The zero-order chi connectivity index (χ0) is 19.5. The second-order valence-electron chi connectivity index (χ2n) is 8.70. The van der Waals surface area contributed by atoms with E-state index < -0.39 is 0 Å². The van der Waals surface area contributed by atoms with Crippen molar-refractivity contribution in [1.29, 1.82) is 0 Å². The van der Waals surface area contributed by atoms with Crippen molar-refractivity contribution in [3.8, 4) is 0 Å². The summed E-state index contributed by atoms with van der Waals surface area (Å²) in [7, 11) is 0. The Kier molecular flexibility index (Phi) is 5.79. The van der Waals surface area contributed by atoms with E-state index >= 15 is 0 Å². The van der Waals surface area contributed by atoms with Gasteiger partial charge in [0.05, 0.1) is 0 Å². The number of fused-ring (bicyclic) bond motifs is 3. The average Bonchev–Trinajstić information content (AvgIpc) is 2.73. The minimum Gasteiger partial charge on any atom is -0.353 e.